The zero-order valence-corrected chi connectivity index (χ0v) is 15.4. The number of carbonyl (C=O) groups excluding carboxylic acids is 1. The van der Waals surface area contributed by atoms with E-state index in [0.717, 1.165) is 5.46 Å². The van der Waals surface area contributed by atoms with Gasteiger partial charge in [0.05, 0.1) is 11.2 Å². The van der Waals surface area contributed by atoms with Crippen molar-refractivity contribution < 1.29 is 24.3 Å². The summed E-state index contributed by atoms with van der Waals surface area (Å²) >= 11 is 0. The van der Waals surface area contributed by atoms with Gasteiger partial charge in [-0.3, -0.25) is 4.79 Å². The summed E-state index contributed by atoms with van der Waals surface area (Å²) in [6.07, 6.45) is -1.28. The number of aromatic hydroxyl groups is 1. The lowest BCUT2D eigenvalue weighted by Gasteiger charge is -2.32. The maximum Gasteiger partial charge on any atom is 0.494 e. The molecule has 136 valence electrons. The molecule has 26 heavy (non-hydrogen) atoms. The van der Waals surface area contributed by atoms with Crippen LogP contribution in [0, 0.1) is 0 Å². The Morgan fingerprint density at radius 2 is 1.42 bits per heavy atom. The van der Waals surface area contributed by atoms with Gasteiger partial charge < -0.3 is 19.5 Å². The molecule has 5 nitrogen and oxygen atoms in total. The summed E-state index contributed by atoms with van der Waals surface area (Å²) in [5.74, 6) is -0.323. The highest BCUT2D eigenvalue weighted by molar-refractivity contribution is 6.62. The molecule has 1 heterocycles. The van der Waals surface area contributed by atoms with Crippen molar-refractivity contribution in [3.63, 3.8) is 0 Å². The van der Waals surface area contributed by atoms with Crippen molar-refractivity contribution in [1.82, 2.24) is 0 Å². The molecule has 0 amide bonds. The van der Waals surface area contributed by atoms with Crippen LogP contribution < -0.4 is 5.46 Å². The molecule has 2 N–H and O–H groups in total. The van der Waals surface area contributed by atoms with Gasteiger partial charge in [-0.1, -0.05) is 36.4 Å². The molecule has 0 aliphatic carbocycles. The Bertz CT molecular complexity index is 780. The summed E-state index contributed by atoms with van der Waals surface area (Å²) in [5.41, 5.74) is 0.788. The molecule has 0 bridgehead atoms. The highest BCUT2D eigenvalue weighted by Crippen LogP contribution is 2.36. The molecule has 2 aromatic carbocycles. The summed E-state index contributed by atoms with van der Waals surface area (Å²) in [6.45, 7) is 7.94. The van der Waals surface area contributed by atoms with E-state index in [1.165, 1.54) is 24.3 Å². The third kappa shape index (κ3) is 3.40. The summed E-state index contributed by atoms with van der Waals surface area (Å²) in [7, 11) is -0.494. The Labute approximate surface area is 153 Å². The predicted molar refractivity (Wildman–Crippen MR) is 99.6 cm³/mol. The summed E-state index contributed by atoms with van der Waals surface area (Å²) in [6, 6.07) is 12.8. The maximum atomic E-state index is 12.5. The van der Waals surface area contributed by atoms with Gasteiger partial charge in [-0.25, -0.2) is 0 Å². The molecule has 1 atom stereocenters. The molecule has 2 aromatic rings. The van der Waals surface area contributed by atoms with Crippen molar-refractivity contribution in [3.05, 3.63) is 59.7 Å². The van der Waals surface area contributed by atoms with Crippen LogP contribution in [-0.4, -0.2) is 34.3 Å². The summed E-state index contributed by atoms with van der Waals surface area (Å²) < 4.78 is 12.0. The second kappa shape index (κ2) is 6.54. The monoisotopic (exact) mass is 354 g/mol. The van der Waals surface area contributed by atoms with Gasteiger partial charge in [0, 0.05) is 5.56 Å². The first-order valence-electron chi connectivity index (χ1n) is 8.57. The number of carbonyl (C=O) groups is 1. The first-order chi connectivity index (χ1) is 12.1. The first-order valence-corrected chi connectivity index (χ1v) is 8.57. The van der Waals surface area contributed by atoms with Crippen molar-refractivity contribution in [1.29, 1.82) is 0 Å². The first kappa shape index (κ1) is 18.6. The zero-order valence-electron chi connectivity index (χ0n) is 15.4. The molecule has 1 saturated heterocycles. The molecule has 0 spiro atoms. The minimum atomic E-state index is -1.28. The van der Waals surface area contributed by atoms with Crippen molar-refractivity contribution in [2.45, 2.75) is 45.0 Å². The van der Waals surface area contributed by atoms with E-state index < -0.39 is 30.2 Å². The number of aliphatic hydroxyl groups excluding tert-OH is 1. The van der Waals surface area contributed by atoms with Crippen LogP contribution in [0.15, 0.2) is 48.5 Å². The lowest BCUT2D eigenvalue weighted by atomic mass is 9.78. The van der Waals surface area contributed by atoms with Gasteiger partial charge in [0.1, 0.15) is 11.9 Å². The van der Waals surface area contributed by atoms with Crippen molar-refractivity contribution in [2.24, 2.45) is 0 Å². The fourth-order valence-corrected chi connectivity index (χ4v) is 2.75. The van der Waals surface area contributed by atoms with Crippen LogP contribution in [-0.2, 0) is 9.31 Å². The molecule has 3 rings (SSSR count). The lowest BCUT2D eigenvalue weighted by molar-refractivity contribution is 0.00578. The van der Waals surface area contributed by atoms with Crippen LogP contribution in [0.1, 0.15) is 49.7 Å². The number of rotatable bonds is 4. The second-order valence-electron chi connectivity index (χ2n) is 7.57. The van der Waals surface area contributed by atoms with Gasteiger partial charge in [-0.05, 0) is 50.9 Å². The predicted octanol–water partition coefficient (Wildman–Crippen LogP) is 2.61. The van der Waals surface area contributed by atoms with Gasteiger partial charge in [0.2, 0.25) is 0 Å². The van der Waals surface area contributed by atoms with Crippen LogP contribution in [0.2, 0.25) is 0 Å². The van der Waals surface area contributed by atoms with E-state index in [1.807, 2.05) is 27.7 Å². The molecule has 6 heteroatoms. The Hall–Kier alpha value is -2.15. The Morgan fingerprint density at radius 1 is 0.923 bits per heavy atom. The van der Waals surface area contributed by atoms with Crippen molar-refractivity contribution >= 4 is 18.4 Å². The van der Waals surface area contributed by atoms with Crippen LogP contribution in [0.25, 0.3) is 0 Å². The molecule has 1 aliphatic rings. The van der Waals surface area contributed by atoms with Gasteiger partial charge in [0.15, 0.2) is 5.78 Å². The lowest BCUT2D eigenvalue weighted by Crippen LogP contribution is -2.41. The average molecular weight is 354 g/mol. The van der Waals surface area contributed by atoms with Crippen molar-refractivity contribution in [2.75, 3.05) is 0 Å². The highest BCUT2D eigenvalue weighted by Gasteiger charge is 2.51. The number of hydrogen-bond donors (Lipinski definition) is 2. The number of hydrogen-bond acceptors (Lipinski definition) is 5. The number of benzene rings is 2. The number of phenols is 1. The highest BCUT2D eigenvalue weighted by atomic mass is 16.7. The van der Waals surface area contributed by atoms with Gasteiger partial charge in [-0.15, -0.1) is 0 Å². The van der Waals surface area contributed by atoms with Crippen LogP contribution in [0.5, 0.6) is 5.75 Å². The van der Waals surface area contributed by atoms with E-state index in [4.69, 9.17) is 9.31 Å². The fraction of sp³-hybridized carbons (Fsp3) is 0.350. The minimum Gasteiger partial charge on any atom is -0.508 e. The standard InChI is InChI=1S/C20H23BO5/c1-19(2)20(3,4)26-21(25-19)15-9-5-13(6-10-15)17(23)18(24)14-7-11-16(22)12-8-14/h5-12,18,22,24H,1-4H3. The van der Waals surface area contributed by atoms with E-state index in [-0.39, 0.29) is 5.75 Å². The SMILES string of the molecule is CC1(C)OB(c2ccc(C(=O)C(O)c3ccc(O)cc3)cc2)OC1(C)C. The van der Waals surface area contributed by atoms with Crippen LogP contribution >= 0.6 is 0 Å². The normalized spacial score (nSPS) is 19.3. The number of ketones is 1. The third-order valence-electron chi connectivity index (χ3n) is 5.18. The van der Waals surface area contributed by atoms with E-state index in [9.17, 15) is 15.0 Å². The van der Waals surface area contributed by atoms with Crippen LogP contribution in [0.4, 0.5) is 0 Å². The number of Topliss-reactive ketones (excluding diaryl/α,β-unsaturated/α-hetero) is 1. The largest absolute Gasteiger partial charge is 0.508 e. The quantitative estimate of drug-likeness (QED) is 0.652. The molecule has 1 unspecified atom stereocenters. The van der Waals surface area contributed by atoms with E-state index in [1.54, 1.807) is 24.3 Å². The van der Waals surface area contributed by atoms with Gasteiger partial charge in [-0.2, -0.15) is 0 Å². The maximum absolute atomic E-state index is 12.5. The topological polar surface area (TPSA) is 76.0 Å². The van der Waals surface area contributed by atoms with Gasteiger partial charge in [0.25, 0.3) is 0 Å². The third-order valence-corrected chi connectivity index (χ3v) is 5.18. The Balaban J connectivity index is 1.75. The molecule has 0 saturated carbocycles. The van der Waals surface area contributed by atoms with E-state index >= 15 is 0 Å². The smallest absolute Gasteiger partial charge is 0.494 e. The second-order valence-corrected chi connectivity index (χ2v) is 7.57. The van der Waals surface area contributed by atoms with Gasteiger partial charge >= 0.3 is 7.12 Å². The average Bonchev–Trinajstić information content (AvgIpc) is 2.82. The molecule has 1 aliphatic heterocycles. The van der Waals surface area contributed by atoms with E-state index in [2.05, 4.69) is 0 Å². The molecular formula is C20H23BO5. The molecule has 0 aromatic heterocycles. The Morgan fingerprint density at radius 3 is 1.92 bits per heavy atom. The van der Waals surface area contributed by atoms with Crippen molar-refractivity contribution in [3.8, 4) is 5.75 Å². The summed E-state index contributed by atoms with van der Waals surface area (Å²) in [4.78, 5) is 12.5. The molecule has 1 fully saturated rings. The van der Waals surface area contributed by atoms with E-state index in [0.29, 0.717) is 11.1 Å². The molecule has 0 radical (unpaired) electrons. The summed E-state index contributed by atoms with van der Waals surface area (Å²) in [5, 5.41) is 19.6. The van der Waals surface area contributed by atoms with Crippen LogP contribution in [0.3, 0.4) is 0 Å². The fourth-order valence-electron chi connectivity index (χ4n) is 2.75. The zero-order chi connectivity index (χ0) is 19.1. The number of aliphatic hydroxyl groups is 1. The minimum absolute atomic E-state index is 0.0835. The molecular weight excluding hydrogens is 331 g/mol. The Kier molecular flexibility index (Phi) is 4.69. The number of phenolic OH excluding ortho intramolecular Hbond substituents is 1.